The molecule has 0 aliphatic rings. The molecule has 0 atom stereocenters. The molecule has 4 nitrogen and oxygen atoms in total. The molecule has 0 aliphatic carbocycles. The van der Waals surface area contributed by atoms with E-state index in [0.717, 1.165) is 13.1 Å². The molecule has 0 bridgehead atoms. The van der Waals surface area contributed by atoms with Gasteiger partial charge in [-0.25, -0.2) is 4.79 Å². The first-order valence-electron chi connectivity index (χ1n) is 6.78. The van der Waals surface area contributed by atoms with Gasteiger partial charge in [-0.15, -0.1) is 0 Å². The lowest BCUT2D eigenvalue weighted by Gasteiger charge is -2.16. The number of unbranched alkanes of at least 4 members (excludes halogenated alkanes) is 2. The Balaban J connectivity index is 2.28. The number of carbonyl (C=O) groups is 1. The second-order valence-electron chi connectivity index (χ2n) is 4.69. The molecule has 0 aromatic heterocycles. The smallest absolute Gasteiger partial charge is 0.335 e. The molecule has 106 valence electrons. The molecule has 1 rings (SSSR count). The van der Waals surface area contributed by atoms with Crippen LogP contribution in [0, 0.1) is 0 Å². The number of benzene rings is 1. The largest absolute Gasteiger partial charge is 0.492 e. The highest BCUT2D eigenvalue weighted by Gasteiger charge is 2.04. The number of likely N-dealkylation sites (N-methyl/N-ethyl adjacent to an activating group) is 1. The standard InChI is InChI=1S/C15H23NO3/c1-3-4-5-9-16(2)10-11-19-14-8-6-7-13(12-14)15(17)18/h6-8,12H,3-5,9-11H2,1-2H3,(H,17,18). The summed E-state index contributed by atoms with van der Waals surface area (Å²) >= 11 is 0. The zero-order valence-electron chi connectivity index (χ0n) is 11.8. The SMILES string of the molecule is CCCCCN(C)CCOc1cccc(C(=O)O)c1. The van der Waals surface area contributed by atoms with E-state index in [1.54, 1.807) is 24.3 Å². The van der Waals surface area contributed by atoms with Crippen LogP contribution < -0.4 is 4.74 Å². The van der Waals surface area contributed by atoms with Crippen LogP contribution in [0.5, 0.6) is 5.75 Å². The highest BCUT2D eigenvalue weighted by molar-refractivity contribution is 5.87. The molecule has 0 heterocycles. The van der Waals surface area contributed by atoms with Crippen molar-refractivity contribution in [1.29, 1.82) is 0 Å². The Kier molecular flexibility index (Phi) is 6.97. The molecule has 1 N–H and O–H groups in total. The van der Waals surface area contributed by atoms with Crippen LogP contribution >= 0.6 is 0 Å². The topological polar surface area (TPSA) is 49.8 Å². The summed E-state index contributed by atoms with van der Waals surface area (Å²) in [5.74, 6) is -0.316. The van der Waals surface area contributed by atoms with E-state index in [1.165, 1.54) is 19.3 Å². The molecule has 0 radical (unpaired) electrons. The summed E-state index contributed by atoms with van der Waals surface area (Å²) in [6, 6.07) is 6.60. The summed E-state index contributed by atoms with van der Waals surface area (Å²) in [5.41, 5.74) is 0.258. The normalized spacial score (nSPS) is 10.7. The lowest BCUT2D eigenvalue weighted by atomic mass is 10.2. The summed E-state index contributed by atoms with van der Waals surface area (Å²) in [7, 11) is 2.08. The Morgan fingerprint density at radius 2 is 2.11 bits per heavy atom. The zero-order valence-corrected chi connectivity index (χ0v) is 11.8. The number of carboxylic acids is 1. The van der Waals surface area contributed by atoms with Crippen LogP contribution in [0.15, 0.2) is 24.3 Å². The molecule has 0 spiro atoms. The van der Waals surface area contributed by atoms with Gasteiger partial charge in [-0.3, -0.25) is 0 Å². The molecule has 4 heteroatoms. The number of ether oxygens (including phenoxy) is 1. The van der Waals surface area contributed by atoms with Gasteiger partial charge in [-0.1, -0.05) is 25.8 Å². The lowest BCUT2D eigenvalue weighted by molar-refractivity contribution is 0.0696. The van der Waals surface area contributed by atoms with Crippen molar-refractivity contribution in [2.45, 2.75) is 26.2 Å². The molecular formula is C15H23NO3. The fraction of sp³-hybridized carbons (Fsp3) is 0.533. The number of rotatable bonds is 9. The predicted molar refractivity (Wildman–Crippen MR) is 75.9 cm³/mol. The van der Waals surface area contributed by atoms with E-state index in [9.17, 15) is 4.79 Å². The van der Waals surface area contributed by atoms with Crippen LogP contribution in [-0.4, -0.2) is 42.7 Å². The Hall–Kier alpha value is -1.55. The Morgan fingerprint density at radius 1 is 1.32 bits per heavy atom. The van der Waals surface area contributed by atoms with Crippen molar-refractivity contribution in [3.8, 4) is 5.75 Å². The van der Waals surface area contributed by atoms with Gasteiger partial charge in [0, 0.05) is 6.54 Å². The van der Waals surface area contributed by atoms with Gasteiger partial charge in [0.2, 0.25) is 0 Å². The zero-order chi connectivity index (χ0) is 14.1. The molecule has 0 fully saturated rings. The Morgan fingerprint density at radius 3 is 2.79 bits per heavy atom. The first kappa shape index (κ1) is 15.5. The van der Waals surface area contributed by atoms with Gasteiger partial charge in [0.1, 0.15) is 12.4 Å². The van der Waals surface area contributed by atoms with Gasteiger partial charge >= 0.3 is 5.97 Å². The molecule has 0 unspecified atom stereocenters. The number of aromatic carboxylic acids is 1. The minimum absolute atomic E-state index is 0.258. The highest BCUT2D eigenvalue weighted by atomic mass is 16.5. The van der Waals surface area contributed by atoms with Crippen molar-refractivity contribution in [2.24, 2.45) is 0 Å². The van der Waals surface area contributed by atoms with E-state index in [0.29, 0.717) is 12.4 Å². The third-order valence-electron chi connectivity index (χ3n) is 2.97. The summed E-state index contributed by atoms with van der Waals surface area (Å²) in [6.07, 6.45) is 3.69. The molecule has 0 amide bonds. The number of hydrogen-bond acceptors (Lipinski definition) is 3. The number of nitrogens with zero attached hydrogens (tertiary/aromatic N) is 1. The van der Waals surface area contributed by atoms with Crippen LogP contribution in [0.4, 0.5) is 0 Å². The van der Waals surface area contributed by atoms with Crippen molar-refractivity contribution in [3.63, 3.8) is 0 Å². The first-order chi connectivity index (χ1) is 9.13. The van der Waals surface area contributed by atoms with Crippen LogP contribution in [0.25, 0.3) is 0 Å². The van der Waals surface area contributed by atoms with Gasteiger partial charge < -0.3 is 14.7 Å². The van der Waals surface area contributed by atoms with Crippen LogP contribution in [-0.2, 0) is 0 Å². The monoisotopic (exact) mass is 265 g/mol. The van der Waals surface area contributed by atoms with Gasteiger partial charge in [-0.05, 0) is 38.2 Å². The molecule has 1 aromatic carbocycles. The van der Waals surface area contributed by atoms with E-state index in [1.807, 2.05) is 0 Å². The fourth-order valence-corrected chi connectivity index (χ4v) is 1.78. The first-order valence-corrected chi connectivity index (χ1v) is 6.78. The Labute approximate surface area is 115 Å². The third kappa shape index (κ3) is 6.25. The maximum atomic E-state index is 10.8. The van der Waals surface area contributed by atoms with E-state index in [4.69, 9.17) is 9.84 Å². The summed E-state index contributed by atoms with van der Waals surface area (Å²) in [6.45, 7) is 4.69. The molecule has 1 aromatic rings. The maximum absolute atomic E-state index is 10.8. The van der Waals surface area contributed by atoms with Crippen molar-refractivity contribution in [1.82, 2.24) is 4.90 Å². The Bertz CT molecular complexity index is 393. The van der Waals surface area contributed by atoms with E-state index < -0.39 is 5.97 Å². The van der Waals surface area contributed by atoms with Gasteiger partial charge in [0.25, 0.3) is 0 Å². The van der Waals surface area contributed by atoms with Gasteiger partial charge in [-0.2, -0.15) is 0 Å². The fourth-order valence-electron chi connectivity index (χ4n) is 1.78. The van der Waals surface area contributed by atoms with Gasteiger partial charge in [0.05, 0.1) is 5.56 Å². The van der Waals surface area contributed by atoms with Gasteiger partial charge in [0.15, 0.2) is 0 Å². The molecule has 0 saturated heterocycles. The van der Waals surface area contributed by atoms with Crippen LogP contribution in [0.2, 0.25) is 0 Å². The van der Waals surface area contributed by atoms with E-state index >= 15 is 0 Å². The average molecular weight is 265 g/mol. The van der Waals surface area contributed by atoms with Crippen molar-refractivity contribution >= 4 is 5.97 Å². The molecular weight excluding hydrogens is 242 g/mol. The second kappa shape index (κ2) is 8.53. The van der Waals surface area contributed by atoms with Crippen LogP contribution in [0.3, 0.4) is 0 Å². The summed E-state index contributed by atoms with van der Waals surface area (Å²) in [4.78, 5) is 13.1. The van der Waals surface area contributed by atoms with Crippen LogP contribution in [0.1, 0.15) is 36.5 Å². The average Bonchev–Trinajstić information content (AvgIpc) is 2.39. The van der Waals surface area contributed by atoms with E-state index in [-0.39, 0.29) is 5.56 Å². The maximum Gasteiger partial charge on any atom is 0.335 e. The lowest BCUT2D eigenvalue weighted by Crippen LogP contribution is -2.25. The van der Waals surface area contributed by atoms with Crippen molar-refractivity contribution in [3.05, 3.63) is 29.8 Å². The molecule has 0 saturated carbocycles. The number of hydrogen-bond donors (Lipinski definition) is 1. The minimum Gasteiger partial charge on any atom is -0.492 e. The van der Waals surface area contributed by atoms with Crippen molar-refractivity contribution < 1.29 is 14.6 Å². The minimum atomic E-state index is -0.929. The molecule has 19 heavy (non-hydrogen) atoms. The summed E-state index contributed by atoms with van der Waals surface area (Å²) in [5, 5.41) is 8.88. The van der Waals surface area contributed by atoms with Crippen molar-refractivity contribution in [2.75, 3.05) is 26.7 Å². The predicted octanol–water partition coefficient (Wildman–Crippen LogP) is 2.89. The number of carboxylic acid groups (broad SMARTS) is 1. The quantitative estimate of drug-likeness (QED) is 0.697. The highest BCUT2D eigenvalue weighted by Crippen LogP contribution is 2.13. The third-order valence-corrected chi connectivity index (χ3v) is 2.97. The molecule has 0 aliphatic heterocycles. The van der Waals surface area contributed by atoms with E-state index in [2.05, 4.69) is 18.9 Å². The second-order valence-corrected chi connectivity index (χ2v) is 4.69. The summed E-state index contributed by atoms with van der Waals surface area (Å²) < 4.78 is 5.57.